The summed E-state index contributed by atoms with van der Waals surface area (Å²) < 4.78 is 0. The summed E-state index contributed by atoms with van der Waals surface area (Å²) in [7, 11) is 0. The summed E-state index contributed by atoms with van der Waals surface area (Å²) in [5, 5.41) is 4.29. The van der Waals surface area contributed by atoms with Gasteiger partial charge in [-0.25, -0.2) is 5.01 Å². The quantitative estimate of drug-likeness (QED) is 0.695. The van der Waals surface area contributed by atoms with Crippen molar-refractivity contribution >= 4 is 29.1 Å². The molecule has 3 aliphatic rings. The summed E-state index contributed by atoms with van der Waals surface area (Å²) in [6, 6.07) is 15.6. The standard InChI is InChI=1S/C26H28N4O3/c1-17-15-18-7-2-5-12-23(18)29(17)14-13-27-24(31)19-8-6-9-20(16-19)30-26(33)22-11-4-3-10-21(22)25(32)28-30/h2-9,12,16-17,21-22H,10-11,13-15H2,1H3,(H,27,31)(H,28,32). The highest BCUT2D eigenvalue weighted by molar-refractivity contribution is 6.05. The third kappa shape index (κ3) is 3.99. The van der Waals surface area contributed by atoms with E-state index in [1.165, 1.54) is 16.3 Å². The van der Waals surface area contributed by atoms with Crippen molar-refractivity contribution in [2.45, 2.75) is 32.2 Å². The van der Waals surface area contributed by atoms with E-state index >= 15 is 0 Å². The van der Waals surface area contributed by atoms with Crippen LogP contribution < -0.4 is 20.7 Å². The fourth-order valence-electron chi connectivity index (χ4n) is 5.13. The van der Waals surface area contributed by atoms with Crippen molar-refractivity contribution in [3.63, 3.8) is 0 Å². The normalized spacial score (nSPS) is 23.7. The number of carbonyl (C=O) groups is 3. The van der Waals surface area contributed by atoms with E-state index in [2.05, 4.69) is 40.8 Å². The van der Waals surface area contributed by atoms with E-state index in [-0.39, 0.29) is 29.6 Å². The fourth-order valence-corrected chi connectivity index (χ4v) is 5.13. The first-order valence-electron chi connectivity index (χ1n) is 11.5. The largest absolute Gasteiger partial charge is 0.367 e. The minimum absolute atomic E-state index is 0.136. The summed E-state index contributed by atoms with van der Waals surface area (Å²) in [5.41, 5.74) is 6.24. The van der Waals surface area contributed by atoms with Gasteiger partial charge in [-0.15, -0.1) is 0 Å². The van der Waals surface area contributed by atoms with Gasteiger partial charge in [0.2, 0.25) is 11.8 Å². The molecule has 0 saturated carbocycles. The van der Waals surface area contributed by atoms with Crippen LogP contribution in [-0.4, -0.2) is 36.9 Å². The van der Waals surface area contributed by atoms with Gasteiger partial charge < -0.3 is 10.2 Å². The van der Waals surface area contributed by atoms with Crippen LogP contribution in [0.4, 0.5) is 11.4 Å². The Kier molecular flexibility index (Phi) is 5.62. The maximum Gasteiger partial charge on any atom is 0.251 e. The van der Waals surface area contributed by atoms with E-state index < -0.39 is 0 Å². The van der Waals surface area contributed by atoms with Gasteiger partial charge in [0, 0.05) is 30.4 Å². The molecule has 3 atom stereocenters. The zero-order valence-electron chi connectivity index (χ0n) is 18.7. The van der Waals surface area contributed by atoms with Crippen molar-refractivity contribution in [2.75, 3.05) is 23.0 Å². The SMILES string of the molecule is CC1Cc2ccccc2N1CCNC(=O)c1cccc(N2NC(=O)C3CC=CCC3C2=O)c1. The predicted molar refractivity (Wildman–Crippen MR) is 127 cm³/mol. The van der Waals surface area contributed by atoms with Gasteiger partial charge in [-0.1, -0.05) is 36.4 Å². The molecule has 170 valence electrons. The molecular weight excluding hydrogens is 416 g/mol. The number of allylic oxidation sites excluding steroid dienone is 2. The Balaban J connectivity index is 1.24. The molecule has 0 aromatic heterocycles. The van der Waals surface area contributed by atoms with Gasteiger partial charge >= 0.3 is 0 Å². The van der Waals surface area contributed by atoms with Gasteiger partial charge in [-0.3, -0.25) is 19.8 Å². The first-order valence-corrected chi connectivity index (χ1v) is 11.5. The number of hydrazine groups is 1. The maximum absolute atomic E-state index is 13.0. The molecule has 1 saturated heterocycles. The molecule has 1 aliphatic carbocycles. The van der Waals surface area contributed by atoms with Crippen LogP contribution in [0.3, 0.4) is 0 Å². The molecule has 0 spiro atoms. The van der Waals surface area contributed by atoms with Crippen molar-refractivity contribution in [2.24, 2.45) is 11.8 Å². The van der Waals surface area contributed by atoms with Gasteiger partial charge in [0.05, 0.1) is 17.5 Å². The molecule has 33 heavy (non-hydrogen) atoms. The van der Waals surface area contributed by atoms with Crippen LogP contribution in [0.25, 0.3) is 0 Å². The lowest BCUT2D eigenvalue weighted by Gasteiger charge is -2.38. The number of hydrogen-bond donors (Lipinski definition) is 2. The summed E-state index contributed by atoms with van der Waals surface area (Å²) >= 11 is 0. The summed E-state index contributed by atoms with van der Waals surface area (Å²) in [6.07, 6.45) is 6.07. The Morgan fingerprint density at radius 1 is 1.06 bits per heavy atom. The third-order valence-corrected chi connectivity index (χ3v) is 6.88. The number of para-hydroxylation sites is 1. The molecular formula is C26H28N4O3. The summed E-state index contributed by atoms with van der Waals surface area (Å²) in [6.45, 7) is 3.43. The van der Waals surface area contributed by atoms with Crippen LogP contribution in [-0.2, 0) is 16.0 Å². The van der Waals surface area contributed by atoms with E-state index in [0.29, 0.717) is 36.7 Å². The summed E-state index contributed by atoms with van der Waals surface area (Å²) in [4.78, 5) is 40.7. The lowest BCUT2D eigenvalue weighted by molar-refractivity contribution is -0.139. The number of nitrogens with zero attached hydrogens (tertiary/aromatic N) is 2. The Labute approximate surface area is 193 Å². The highest BCUT2D eigenvalue weighted by atomic mass is 16.2. The zero-order valence-corrected chi connectivity index (χ0v) is 18.7. The average molecular weight is 445 g/mol. The number of carbonyl (C=O) groups excluding carboxylic acids is 3. The minimum atomic E-state index is -0.355. The van der Waals surface area contributed by atoms with E-state index in [4.69, 9.17) is 0 Å². The Morgan fingerprint density at radius 2 is 1.85 bits per heavy atom. The number of fused-ring (bicyclic) bond motifs is 2. The topological polar surface area (TPSA) is 81.8 Å². The van der Waals surface area contributed by atoms with Crippen LogP contribution in [0.5, 0.6) is 0 Å². The molecule has 5 rings (SSSR count). The van der Waals surface area contributed by atoms with Crippen LogP contribution in [0.1, 0.15) is 35.7 Å². The highest BCUT2D eigenvalue weighted by Crippen LogP contribution is 2.33. The van der Waals surface area contributed by atoms with Gasteiger partial charge in [0.15, 0.2) is 0 Å². The Morgan fingerprint density at radius 3 is 2.70 bits per heavy atom. The second-order valence-corrected chi connectivity index (χ2v) is 8.99. The van der Waals surface area contributed by atoms with Gasteiger partial charge in [0.1, 0.15) is 0 Å². The molecule has 2 N–H and O–H groups in total. The van der Waals surface area contributed by atoms with Crippen molar-refractivity contribution in [1.82, 2.24) is 10.7 Å². The Hall–Kier alpha value is -3.61. The fraction of sp³-hybridized carbons (Fsp3) is 0.346. The lowest BCUT2D eigenvalue weighted by atomic mass is 9.80. The highest BCUT2D eigenvalue weighted by Gasteiger charge is 2.42. The third-order valence-electron chi connectivity index (χ3n) is 6.88. The number of anilines is 2. The smallest absolute Gasteiger partial charge is 0.251 e. The number of nitrogens with one attached hydrogen (secondary N) is 2. The monoisotopic (exact) mass is 444 g/mol. The second kappa shape index (κ2) is 8.73. The van der Waals surface area contributed by atoms with Gasteiger partial charge in [-0.2, -0.15) is 0 Å². The van der Waals surface area contributed by atoms with Crippen LogP contribution >= 0.6 is 0 Å². The van der Waals surface area contributed by atoms with E-state index in [0.717, 1.165) is 13.0 Å². The van der Waals surface area contributed by atoms with Crippen molar-refractivity contribution in [3.8, 4) is 0 Å². The molecule has 7 heteroatoms. The van der Waals surface area contributed by atoms with Crippen LogP contribution in [0.15, 0.2) is 60.7 Å². The van der Waals surface area contributed by atoms with Crippen LogP contribution in [0.2, 0.25) is 0 Å². The Bertz CT molecular complexity index is 1130. The molecule has 3 amide bonds. The van der Waals surface area contributed by atoms with E-state index in [1.54, 1.807) is 24.3 Å². The first kappa shape index (κ1) is 21.2. The first-order chi connectivity index (χ1) is 16.0. The molecule has 2 aromatic rings. The van der Waals surface area contributed by atoms with Gasteiger partial charge in [0.25, 0.3) is 5.91 Å². The molecule has 1 fully saturated rings. The number of rotatable bonds is 5. The van der Waals surface area contributed by atoms with Gasteiger partial charge in [-0.05, 0) is 56.0 Å². The molecule has 0 radical (unpaired) electrons. The number of benzene rings is 2. The molecule has 2 heterocycles. The zero-order chi connectivity index (χ0) is 22.9. The number of amides is 3. The molecule has 3 unspecified atom stereocenters. The van der Waals surface area contributed by atoms with E-state index in [9.17, 15) is 14.4 Å². The maximum atomic E-state index is 13.0. The lowest BCUT2D eigenvalue weighted by Crippen LogP contribution is -2.59. The van der Waals surface area contributed by atoms with Crippen molar-refractivity contribution in [3.05, 3.63) is 71.8 Å². The van der Waals surface area contributed by atoms with E-state index in [1.807, 2.05) is 18.2 Å². The minimum Gasteiger partial charge on any atom is -0.367 e. The summed E-state index contributed by atoms with van der Waals surface area (Å²) in [5.74, 6) is -1.16. The molecule has 2 aliphatic heterocycles. The molecule has 2 aromatic carbocycles. The van der Waals surface area contributed by atoms with Crippen molar-refractivity contribution in [1.29, 1.82) is 0 Å². The predicted octanol–water partition coefficient (Wildman–Crippen LogP) is 2.83. The van der Waals surface area contributed by atoms with Crippen LogP contribution in [0, 0.1) is 11.8 Å². The second-order valence-electron chi connectivity index (χ2n) is 8.99. The number of hydrogen-bond acceptors (Lipinski definition) is 4. The molecule has 7 nitrogen and oxygen atoms in total. The average Bonchev–Trinajstić information content (AvgIpc) is 3.16. The van der Waals surface area contributed by atoms with Crippen molar-refractivity contribution < 1.29 is 14.4 Å². The molecule has 0 bridgehead atoms.